The van der Waals surface area contributed by atoms with Crippen molar-refractivity contribution in [3.8, 4) is 0 Å². The van der Waals surface area contributed by atoms with Crippen LogP contribution in [0.4, 0.5) is 10.1 Å². The molecular weight excluding hydrogens is 295 g/mol. The quantitative estimate of drug-likeness (QED) is 0.865. The number of nitrogens with zero attached hydrogens (tertiary/aromatic N) is 1. The molecule has 1 N–H and O–H groups in total. The molecule has 0 radical (unpaired) electrons. The van der Waals surface area contributed by atoms with E-state index in [1.807, 2.05) is 12.1 Å². The van der Waals surface area contributed by atoms with E-state index in [1.54, 1.807) is 6.07 Å². The molecule has 0 saturated carbocycles. The Bertz CT molecular complexity index is 522. The zero-order valence-corrected chi connectivity index (χ0v) is 11.9. The van der Waals surface area contributed by atoms with E-state index in [0.717, 1.165) is 17.4 Å². The summed E-state index contributed by atoms with van der Waals surface area (Å²) in [7, 11) is 0. The topological polar surface area (TPSA) is 17.0 Å². The van der Waals surface area contributed by atoms with Crippen molar-refractivity contribution >= 4 is 21.6 Å². The zero-order valence-electron chi connectivity index (χ0n) is 10.3. The molecule has 0 aliphatic carbocycles. The van der Waals surface area contributed by atoms with Crippen molar-refractivity contribution in [2.45, 2.75) is 26.4 Å². The van der Waals surface area contributed by atoms with E-state index in [-0.39, 0.29) is 5.82 Å². The summed E-state index contributed by atoms with van der Waals surface area (Å²) in [5.74, 6) is -0.238. The maximum absolute atomic E-state index is 13.6. The Morgan fingerprint density at radius 3 is 2.89 bits per heavy atom. The van der Waals surface area contributed by atoms with Crippen LogP contribution >= 0.6 is 15.9 Å². The molecule has 2 nitrogen and oxygen atoms in total. The van der Waals surface area contributed by atoms with E-state index in [2.05, 4.69) is 45.0 Å². The molecule has 18 heavy (non-hydrogen) atoms. The van der Waals surface area contributed by atoms with Crippen LogP contribution < -0.4 is 5.32 Å². The van der Waals surface area contributed by atoms with Crippen LogP contribution in [0.5, 0.6) is 0 Å². The number of rotatable bonds is 5. The summed E-state index contributed by atoms with van der Waals surface area (Å²) in [6.45, 7) is 3.77. The maximum atomic E-state index is 13.6. The Morgan fingerprint density at radius 1 is 1.33 bits per heavy atom. The summed E-state index contributed by atoms with van der Waals surface area (Å²) in [5, 5.41) is 3.12. The summed E-state index contributed by atoms with van der Waals surface area (Å²) in [6.07, 6.45) is 3.15. The number of halogens is 2. The average Bonchev–Trinajstić information content (AvgIpc) is 2.76. The molecule has 0 aliphatic rings. The molecule has 0 unspecified atom stereocenters. The van der Waals surface area contributed by atoms with E-state index in [4.69, 9.17) is 0 Å². The smallest absolute Gasteiger partial charge is 0.147 e. The normalized spacial score (nSPS) is 10.6. The molecule has 0 atom stereocenters. The zero-order chi connectivity index (χ0) is 13.0. The van der Waals surface area contributed by atoms with Gasteiger partial charge in [-0.05, 0) is 36.8 Å². The van der Waals surface area contributed by atoms with Gasteiger partial charge < -0.3 is 9.88 Å². The fourth-order valence-corrected chi connectivity index (χ4v) is 2.22. The first kappa shape index (κ1) is 13.1. The number of anilines is 1. The lowest BCUT2D eigenvalue weighted by atomic mass is 10.3. The summed E-state index contributed by atoms with van der Waals surface area (Å²) in [4.78, 5) is 0. The van der Waals surface area contributed by atoms with Crippen LogP contribution in [-0.2, 0) is 13.1 Å². The molecule has 0 bridgehead atoms. The predicted octanol–water partition coefficient (Wildman–Crippen LogP) is 4.41. The number of nitrogens with one attached hydrogen (secondary N) is 1. The highest BCUT2D eigenvalue weighted by Crippen LogP contribution is 2.20. The van der Waals surface area contributed by atoms with Gasteiger partial charge in [-0.2, -0.15) is 0 Å². The minimum Gasteiger partial charge on any atom is -0.377 e. The molecular formula is C14H16BrFN2. The fourth-order valence-electron chi connectivity index (χ4n) is 1.89. The number of benzene rings is 1. The molecule has 2 aromatic rings. The Labute approximate surface area is 115 Å². The van der Waals surface area contributed by atoms with Crippen LogP contribution in [0.15, 0.2) is 41.0 Å². The van der Waals surface area contributed by atoms with Crippen LogP contribution in [0.2, 0.25) is 0 Å². The lowest BCUT2D eigenvalue weighted by Gasteiger charge is -2.11. The third-order valence-electron chi connectivity index (χ3n) is 2.78. The number of hydrogen-bond acceptors (Lipinski definition) is 1. The van der Waals surface area contributed by atoms with Gasteiger partial charge in [-0.15, -0.1) is 0 Å². The standard InChI is InChI=1S/C14H16BrFN2/c1-2-7-18-8-3-4-12(18)10-17-14-6-5-11(15)9-13(14)16/h3-6,8-9,17H,2,7,10H2,1H3. The second-order valence-corrected chi connectivity index (χ2v) is 5.09. The molecule has 2 rings (SSSR count). The van der Waals surface area contributed by atoms with Crippen molar-refractivity contribution in [2.24, 2.45) is 0 Å². The summed E-state index contributed by atoms with van der Waals surface area (Å²) >= 11 is 3.25. The lowest BCUT2D eigenvalue weighted by Crippen LogP contribution is -2.07. The van der Waals surface area contributed by atoms with Crippen LogP contribution in [0.25, 0.3) is 0 Å². The molecule has 1 aromatic heterocycles. The van der Waals surface area contributed by atoms with Crippen molar-refractivity contribution < 1.29 is 4.39 Å². The molecule has 0 amide bonds. The second kappa shape index (κ2) is 6.05. The molecule has 1 heterocycles. The first-order valence-corrected chi connectivity index (χ1v) is 6.83. The van der Waals surface area contributed by atoms with Gasteiger partial charge in [0, 0.05) is 22.9 Å². The molecule has 0 spiro atoms. The van der Waals surface area contributed by atoms with Crippen LogP contribution in [0.1, 0.15) is 19.0 Å². The van der Waals surface area contributed by atoms with Gasteiger partial charge in [0.15, 0.2) is 0 Å². The monoisotopic (exact) mass is 310 g/mol. The van der Waals surface area contributed by atoms with E-state index in [1.165, 1.54) is 11.8 Å². The Balaban J connectivity index is 2.04. The highest BCUT2D eigenvalue weighted by Gasteiger charge is 2.04. The van der Waals surface area contributed by atoms with Gasteiger partial charge in [-0.3, -0.25) is 0 Å². The van der Waals surface area contributed by atoms with E-state index < -0.39 is 0 Å². The summed E-state index contributed by atoms with van der Waals surface area (Å²) in [5.41, 5.74) is 1.70. The van der Waals surface area contributed by atoms with Crippen molar-refractivity contribution in [1.29, 1.82) is 0 Å². The molecule has 4 heteroatoms. The van der Waals surface area contributed by atoms with Crippen LogP contribution in [0, 0.1) is 5.82 Å². The minimum atomic E-state index is -0.238. The Morgan fingerprint density at radius 2 is 2.17 bits per heavy atom. The Hall–Kier alpha value is -1.29. The SMILES string of the molecule is CCCn1cccc1CNc1ccc(Br)cc1F. The fraction of sp³-hybridized carbons (Fsp3) is 0.286. The van der Waals surface area contributed by atoms with Gasteiger partial charge in [-0.1, -0.05) is 22.9 Å². The molecule has 0 fully saturated rings. The summed E-state index contributed by atoms with van der Waals surface area (Å²) < 4.78 is 16.6. The predicted molar refractivity (Wildman–Crippen MR) is 76.1 cm³/mol. The first-order valence-electron chi connectivity index (χ1n) is 6.03. The van der Waals surface area contributed by atoms with Crippen LogP contribution in [-0.4, -0.2) is 4.57 Å². The van der Waals surface area contributed by atoms with Crippen LogP contribution in [0.3, 0.4) is 0 Å². The largest absolute Gasteiger partial charge is 0.377 e. The van der Waals surface area contributed by atoms with Gasteiger partial charge in [-0.25, -0.2) is 4.39 Å². The third-order valence-corrected chi connectivity index (χ3v) is 3.27. The number of hydrogen-bond donors (Lipinski definition) is 1. The average molecular weight is 311 g/mol. The van der Waals surface area contributed by atoms with Gasteiger partial charge >= 0.3 is 0 Å². The molecule has 0 aliphatic heterocycles. The third kappa shape index (κ3) is 3.13. The van der Waals surface area contributed by atoms with E-state index in [0.29, 0.717) is 12.2 Å². The molecule has 1 aromatic carbocycles. The van der Waals surface area contributed by atoms with Crippen molar-refractivity contribution in [3.63, 3.8) is 0 Å². The molecule has 0 saturated heterocycles. The lowest BCUT2D eigenvalue weighted by molar-refractivity contribution is 0.626. The van der Waals surface area contributed by atoms with Crippen molar-refractivity contribution in [1.82, 2.24) is 4.57 Å². The Kier molecular flexibility index (Phi) is 4.42. The minimum absolute atomic E-state index is 0.238. The number of aryl methyl sites for hydroxylation is 1. The number of aromatic nitrogens is 1. The van der Waals surface area contributed by atoms with E-state index in [9.17, 15) is 4.39 Å². The highest BCUT2D eigenvalue weighted by molar-refractivity contribution is 9.10. The van der Waals surface area contributed by atoms with Gasteiger partial charge in [0.1, 0.15) is 5.82 Å². The molecule has 96 valence electrons. The van der Waals surface area contributed by atoms with Gasteiger partial charge in [0.25, 0.3) is 0 Å². The maximum Gasteiger partial charge on any atom is 0.147 e. The second-order valence-electron chi connectivity index (χ2n) is 4.17. The first-order chi connectivity index (χ1) is 8.70. The van der Waals surface area contributed by atoms with Crippen molar-refractivity contribution in [3.05, 3.63) is 52.5 Å². The van der Waals surface area contributed by atoms with Gasteiger partial charge in [0.2, 0.25) is 0 Å². The highest BCUT2D eigenvalue weighted by atomic mass is 79.9. The van der Waals surface area contributed by atoms with Gasteiger partial charge in [0.05, 0.1) is 12.2 Å². The van der Waals surface area contributed by atoms with E-state index >= 15 is 0 Å². The summed E-state index contributed by atoms with van der Waals surface area (Å²) in [6, 6.07) is 9.11. The van der Waals surface area contributed by atoms with Crippen molar-refractivity contribution in [2.75, 3.05) is 5.32 Å².